The van der Waals surface area contributed by atoms with Crippen molar-refractivity contribution in [2.45, 2.75) is 24.8 Å². The minimum atomic E-state index is -1.05. The number of carbonyl (C=O) groups is 2. The zero-order valence-corrected chi connectivity index (χ0v) is 6.67. The average Bonchev–Trinajstić information content (AvgIpc) is 1.95. The highest BCUT2D eigenvalue weighted by molar-refractivity contribution is 5.89. The third kappa shape index (κ3) is 1.73. The first-order valence-corrected chi connectivity index (χ1v) is 3.83. The Morgan fingerprint density at radius 3 is 2.42 bits per heavy atom. The molecule has 1 rings (SSSR count). The summed E-state index contributed by atoms with van der Waals surface area (Å²) in [5.41, 5.74) is 4.83. The van der Waals surface area contributed by atoms with Crippen LogP contribution in [0.2, 0.25) is 0 Å². The summed E-state index contributed by atoms with van der Waals surface area (Å²) in [5.74, 6) is -1.40. The van der Waals surface area contributed by atoms with Gasteiger partial charge in [0.05, 0.1) is 5.54 Å². The molecule has 1 aliphatic rings. The molecule has 5 nitrogen and oxygen atoms in total. The quantitative estimate of drug-likeness (QED) is 0.512. The van der Waals surface area contributed by atoms with Gasteiger partial charge in [0.2, 0.25) is 5.91 Å². The van der Waals surface area contributed by atoms with Crippen molar-refractivity contribution >= 4 is 11.9 Å². The molecule has 0 aromatic carbocycles. The molecule has 0 atom stereocenters. The predicted octanol–water partition coefficient (Wildman–Crippen LogP) is -0.931. The summed E-state index contributed by atoms with van der Waals surface area (Å²) in [6.07, 6.45) is 2.24. The lowest BCUT2D eigenvalue weighted by Crippen LogP contribution is -2.59. The number of aliphatic carboxylic acids is 1. The minimum absolute atomic E-state index is 0.349. The van der Waals surface area contributed by atoms with Crippen LogP contribution in [0.4, 0.5) is 0 Å². The lowest BCUT2D eigenvalue weighted by molar-refractivity contribution is -0.139. The zero-order chi connectivity index (χ0) is 9.19. The summed E-state index contributed by atoms with van der Waals surface area (Å²) in [6, 6.07) is 0. The highest BCUT2D eigenvalue weighted by atomic mass is 16.4. The Balaban J connectivity index is 2.33. The van der Waals surface area contributed by atoms with Crippen LogP contribution in [-0.4, -0.2) is 29.1 Å². The van der Waals surface area contributed by atoms with E-state index in [2.05, 4.69) is 5.32 Å². The van der Waals surface area contributed by atoms with Gasteiger partial charge >= 0.3 is 5.97 Å². The number of hydrogen-bond donors (Lipinski definition) is 3. The summed E-state index contributed by atoms with van der Waals surface area (Å²) in [5, 5.41) is 10.5. The maximum absolute atomic E-state index is 11.2. The van der Waals surface area contributed by atoms with Gasteiger partial charge in [0, 0.05) is 0 Å². The van der Waals surface area contributed by atoms with Crippen LogP contribution in [0.5, 0.6) is 0 Å². The van der Waals surface area contributed by atoms with Gasteiger partial charge in [-0.2, -0.15) is 0 Å². The molecule has 0 aliphatic heterocycles. The Morgan fingerprint density at radius 1 is 1.50 bits per heavy atom. The molecule has 5 heteroatoms. The van der Waals surface area contributed by atoms with Crippen LogP contribution in [0.15, 0.2) is 0 Å². The number of hydrogen-bond acceptors (Lipinski definition) is 3. The third-order valence-electron chi connectivity index (χ3n) is 2.10. The number of carboxylic acid groups (broad SMARTS) is 1. The molecule has 0 saturated heterocycles. The number of carboxylic acids is 1. The molecule has 0 unspecified atom stereocenters. The highest BCUT2D eigenvalue weighted by Gasteiger charge is 2.39. The molecule has 0 aromatic heterocycles. The molecule has 0 radical (unpaired) electrons. The van der Waals surface area contributed by atoms with E-state index in [1.807, 2.05) is 0 Å². The topological polar surface area (TPSA) is 92.4 Å². The third-order valence-corrected chi connectivity index (χ3v) is 2.10. The second kappa shape index (κ2) is 3.10. The van der Waals surface area contributed by atoms with Crippen LogP contribution >= 0.6 is 0 Å². The highest BCUT2D eigenvalue weighted by Crippen LogP contribution is 2.28. The van der Waals surface area contributed by atoms with Crippen molar-refractivity contribution in [3.63, 3.8) is 0 Å². The van der Waals surface area contributed by atoms with Crippen LogP contribution in [0.25, 0.3) is 0 Å². The molecule has 68 valence electrons. The van der Waals surface area contributed by atoms with Crippen LogP contribution in [0, 0.1) is 0 Å². The summed E-state index contributed by atoms with van der Waals surface area (Å²) >= 11 is 0. The molecule has 12 heavy (non-hydrogen) atoms. The van der Waals surface area contributed by atoms with Gasteiger partial charge in [-0.25, -0.2) is 0 Å². The van der Waals surface area contributed by atoms with Gasteiger partial charge < -0.3 is 16.2 Å². The second-order valence-electron chi connectivity index (χ2n) is 3.09. The SMILES string of the molecule is NC1(C(=O)NCC(=O)O)CCC1. The standard InChI is InChI=1S/C7H12N2O3/c8-7(2-1-3-7)6(12)9-4-5(10)11/h1-4,8H2,(H,9,12)(H,10,11). The van der Waals surface area contributed by atoms with Gasteiger partial charge in [-0.3, -0.25) is 9.59 Å². The van der Waals surface area contributed by atoms with E-state index in [0.717, 1.165) is 6.42 Å². The van der Waals surface area contributed by atoms with Crippen molar-refractivity contribution in [1.82, 2.24) is 5.32 Å². The van der Waals surface area contributed by atoms with Crippen LogP contribution in [-0.2, 0) is 9.59 Å². The molecule has 0 heterocycles. The normalized spacial score (nSPS) is 19.4. The van der Waals surface area contributed by atoms with E-state index in [0.29, 0.717) is 12.8 Å². The van der Waals surface area contributed by atoms with Crippen molar-refractivity contribution in [1.29, 1.82) is 0 Å². The number of nitrogens with one attached hydrogen (secondary N) is 1. The molecule has 1 aliphatic carbocycles. The van der Waals surface area contributed by atoms with Gasteiger partial charge in [0.1, 0.15) is 6.54 Å². The van der Waals surface area contributed by atoms with E-state index in [1.54, 1.807) is 0 Å². The van der Waals surface area contributed by atoms with Crippen molar-refractivity contribution in [2.24, 2.45) is 5.73 Å². The van der Waals surface area contributed by atoms with Gasteiger partial charge in [-0.05, 0) is 19.3 Å². The fourth-order valence-corrected chi connectivity index (χ4v) is 1.12. The molecule has 4 N–H and O–H groups in total. The first-order chi connectivity index (χ1) is 5.54. The largest absolute Gasteiger partial charge is 0.480 e. The first kappa shape index (κ1) is 8.99. The summed E-state index contributed by atoms with van der Waals surface area (Å²) < 4.78 is 0. The number of carbonyl (C=O) groups excluding carboxylic acids is 1. The lowest BCUT2D eigenvalue weighted by atomic mass is 9.77. The van der Waals surface area contributed by atoms with Gasteiger partial charge in [0.25, 0.3) is 0 Å². The van der Waals surface area contributed by atoms with Crippen molar-refractivity contribution in [2.75, 3.05) is 6.54 Å². The summed E-state index contributed by atoms with van der Waals surface area (Å²) in [7, 11) is 0. The maximum atomic E-state index is 11.2. The molecule has 1 saturated carbocycles. The van der Waals surface area contributed by atoms with Crippen LogP contribution < -0.4 is 11.1 Å². The zero-order valence-electron chi connectivity index (χ0n) is 6.67. The lowest BCUT2D eigenvalue weighted by Gasteiger charge is -2.35. The van der Waals surface area contributed by atoms with Gasteiger partial charge in [0.15, 0.2) is 0 Å². The smallest absolute Gasteiger partial charge is 0.322 e. The number of nitrogens with two attached hydrogens (primary N) is 1. The second-order valence-corrected chi connectivity index (χ2v) is 3.09. The summed E-state index contributed by atoms with van der Waals surface area (Å²) in [4.78, 5) is 21.2. The Bertz CT molecular complexity index is 211. The van der Waals surface area contributed by atoms with E-state index in [-0.39, 0.29) is 12.5 Å². The fourth-order valence-electron chi connectivity index (χ4n) is 1.12. The number of rotatable bonds is 3. The minimum Gasteiger partial charge on any atom is -0.480 e. The first-order valence-electron chi connectivity index (χ1n) is 3.83. The Morgan fingerprint density at radius 2 is 2.08 bits per heavy atom. The van der Waals surface area contributed by atoms with E-state index < -0.39 is 11.5 Å². The van der Waals surface area contributed by atoms with Crippen LogP contribution in [0.1, 0.15) is 19.3 Å². The molecule has 1 fully saturated rings. The molecule has 1 amide bonds. The Labute approximate surface area is 69.9 Å². The number of amides is 1. The predicted molar refractivity (Wildman–Crippen MR) is 41.4 cm³/mol. The summed E-state index contributed by atoms with van der Waals surface area (Å²) in [6.45, 7) is -0.349. The van der Waals surface area contributed by atoms with Gasteiger partial charge in [-0.15, -0.1) is 0 Å². The van der Waals surface area contributed by atoms with E-state index >= 15 is 0 Å². The molecular formula is C7H12N2O3. The van der Waals surface area contributed by atoms with E-state index in [9.17, 15) is 9.59 Å². The van der Waals surface area contributed by atoms with E-state index in [4.69, 9.17) is 10.8 Å². The van der Waals surface area contributed by atoms with Gasteiger partial charge in [-0.1, -0.05) is 0 Å². The molecule has 0 spiro atoms. The maximum Gasteiger partial charge on any atom is 0.322 e. The van der Waals surface area contributed by atoms with Crippen molar-refractivity contribution in [3.8, 4) is 0 Å². The molecule has 0 aromatic rings. The fraction of sp³-hybridized carbons (Fsp3) is 0.714. The van der Waals surface area contributed by atoms with Crippen LogP contribution in [0.3, 0.4) is 0 Å². The Kier molecular flexibility index (Phi) is 2.32. The monoisotopic (exact) mass is 172 g/mol. The van der Waals surface area contributed by atoms with E-state index in [1.165, 1.54) is 0 Å². The Hall–Kier alpha value is -1.10. The average molecular weight is 172 g/mol. The van der Waals surface area contributed by atoms with Crippen molar-refractivity contribution in [3.05, 3.63) is 0 Å². The molecular weight excluding hydrogens is 160 g/mol. The molecule has 0 bridgehead atoms. The van der Waals surface area contributed by atoms with Crippen molar-refractivity contribution < 1.29 is 14.7 Å².